The number of hydrogen-bond acceptors (Lipinski definition) is 3. The molecule has 0 spiro atoms. The van der Waals surface area contributed by atoms with Crippen molar-refractivity contribution in [3.8, 4) is 0 Å². The van der Waals surface area contributed by atoms with Crippen LogP contribution in [0.5, 0.6) is 0 Å². The maximum Gasteiger partial charge on any atom is 0.341 e. The number of hydrogen-bond donors (Lipinski definition) is 2. The van der Waals surface area contributed by atoms with Crippen molar-refractivity contribution >= 4 is 5.97 Å². The topological polar surface area (TPSA) is 79.5 Å². The van der Waals surface area contributed by atoms with Crippen LogP contribution in [0.3, 0.4) is 0 Å². The van der Waals surface area contributed by atoms with Crippen LogP contribution in [-0.4, -0.2) is 27.4 Å². The molecule has 1 rings (SSSR count). The van der Waals surface area contributed by atoms with Crippen molar-refractivity contribution in [3.63, 3.8) is 0 Å². The Morgan fingerprint density at radius 1 is 1.35 bits per heavy atom. The summed E-state index contributed by atoms with van der Waals surface area (Å²) in [6.45, 7) is 3.91. The molecule has 0 amide bonds. The van der Waals surface area contributed by atoms with Gasteiger partial charge in [-0.25, -0.2) is 4.79 Å². The average Bonchev–Trinajstić information content (AvgIpc) is 2.21. The second kappa shape index (κ2) is 5.63. The lowest BCUT2D eigenvalue weighted by Gasteiger charge is -2.12. The van der Waals surface area contributed by atoms with Crippen LogP contribution in [0.1, 0.15) is 34.5 Å². The van der Waals surface area contributed by atoms with Crippen LogP contribution in [0, 0.1) is 13.8 Å². The van der Waals surface area contributed by atoms with E-state index in [4.69, 9.17) is 10.2 Å². The highest BCUT2D eigenvalue weighted by Gasteiger charge is 2.15. The fourth-order valence-corrected chi connectivity index (χ4v) is 1.85. The van der Waals surface area contributed by atoms with Gasteiger partial charge in [-0.3, -0.25) is 4.79 Å². The molecule has 0 aliphatic rings. The number of pyridine rings is 1. The van der Waals surface area contributed by atoms with Gasteiger partial charge in [0.25, 0.3) is 5.56 Å². The van der Waals surface area contributed by atoms with E-state index >= 15 is 0 Å². The minimum atomic E-state index is -1.19. The van der Waals surface area contributed by atoms with E-state index in [-0.39, 0.29) is 12.2 Å². The number of aromatic carboxylic acids is 1. The minimum absolute atomic E-state index is 0.0748. The molecule has 5 heteroatoms. The van der Waals surface area contributed by atoms with E-state index < -0.39 is 11.5 Å². The molecule has 0 saturated carbocycles. The Labute approximate surface area is 99.3 Å². The molecule has 0 aliphatic carbocycles. The SMILES string of the molecule is Cc1cc(C)n(CCCCO)c(=O)c1C(=O)O. The summed E-state index contributed by atoms with van der Waals surface area (Å²) in [7, 11) is 0. The fourth-order valence-electron chi connectivity index (χ4n) is 1.85. The van der Waals surface area contributed by atoms with E-state index in [1.54, 1.807) is 19.9 Å². The molecule has 17 heavy (non-hydrogen) atoms. The van der Waals surface area contributed by atoms with Crippen LogP contribution < -0.4 is 5.56 Å². The molecule has 1 heterocycles. The summed E-state index contributed by atoms with van der Waals surface area (Å²) < 4.78 is 1.45. The molecular formula is C12H17NO4. The predicted molar refractivity (Wildman–Crippen MR) is 63.5 cm³/mol. The van der Waals surface area contributed by atoms with E-state index in [1.165, 1.54) is 4.57 Å². The van der Waals surface area contributed by atoms with Crippen LogP contribution in [0.15, 0.2) is 10.9 Å². The van der Waals surface area contributed by atoms with E-state index in [1.807, 2.05) is 0 Å². The van der Waals surface area contributed by atoms with Crippen LogP contribution in [0.2, 0.25) is 0 Å². The molecule has 0 aromatic carbocycles. The van der Waals surface area contributed by atoms with Gasteiger partial charge >= 0.3 is 5.97 Å². The molecule has 2 N–H and O–H groups in total. The Kier molecular flexibility index (Phi) is 4.45. The summed E-state index contributed by atoms with van der Waals surface area (Å²) in [6, 6.07) is 1.70. The van der Waals surface area contributed by atoms with Gasteiger partial charge in [-0.05, 0) is 38.3 Å². The first-order valence-corrected chi connectivity index (χ1v) is 5.54. The third-order valence-electron chi connectivity index (χ3n) is 2.71. The number of carboxylic acid groups (broad SMARTS) is 1. The Morgan fingerprint density at radius 3 is 2.53 bits per heavy atom. The lowest BCUT2D eigenvalue weighted by Crippen LogP contribution is -2.29. The molecule has 0 atom stereocenters. The molecule has 0 fully saturated rings. The first kappa shape index (κ1) is 13.4. The van der Waals surface area contributed by atoms with Crippen molar-refractivity contribution < 1.29 is 15.0 Å². The number of carboxylic acids is 1. The molecule has 0 unspecified atom stereocenters. The van der Waals surface area contributed by atoms with E-state index in [0.29, 0.717) is 24.9 Å². The second-order valence-electron chi connectivity index (χ2n) is 4.04. The average molecular weight is 239 g/mol. The van der Waals surface area contributed by atoms with Gasteiger partial charge in [0.1, 0.15) is 5.56 Å². The third kappa shape index (κ3) is 2.94. The van der Waals surface area contributed by atoms with E-state index in [2.05, 4.69) is 0 Å². The number of carbonyl (C=O) groups is 1. The molecule has 94 valence electrons. The van der Waals surface area contributed by atoms with Gasteiger partial charge in [0.15, 0.2) is 0 Å². The van der Waals surface area contributed by atoms with Gasteiger partial charge in [-0.15, -0.1) is 0 Å². The molecule has 0 bridgehead atoms. The maximum atomic E-state index is 12.0. The second-order valence-corrected chi connectivity index (χ2v) is 4.04. The molecule has 1 aromatic rings. The van der Waals surface area contributed by atoms with Crippen LogP contribution in [0.4, 0.5) is 0 Å². The Morgan fingerprint density at radius 2 is 2.00 bits per heavy atom. The third-order valence-corrected chi connectivity index (χ3v) is 2.71. The van der Waals surface area contributed by atoms with Gasteiger partial charge in [0, 0.05) is 18.8 Å². The number of nitrogens with zero attached hydrogens (tertiary/aromatic N) is 1. The van der Waals surface area contributed by atoms with Crippen molar-refractivity contribution in [2.24, 2.45) is 0 Å². The first-order valence-electron chi connectivity index (χ1n) is 5.54. The molecular weight excluding hydrogens is 222 g/mol. The quantitative estimate of drug-likeness (QED) is 0.749. The van der Waals surface area contributed by atoms with Crippen molar-refractivity contribution in [2.45, 2.75) is 33.2 Å². The molecule has 0 saturated heterocycles. The van der Waals surface area contributed by atoms with Crippen molar-refractivity contribution in [3.05, 3.63) is 33.2 Å². The van der Waals surface area contributed by atoms with Crippen LogP contribution in [-0.2, 0) is 6.54 Å². The zero-order valence-corrected chi connectivity index (χ0v) is 10.1. The summed E-state index contributed by atoms with van der Waals surface area (Å²) in [6.07, 6.45) is 1.25. The number of aliphatic hydroxyl groups excluding tert-OH is 1. The highest BCUT2D eigenvalue weighted by atomic mass is 16.4. The van der Waals surface area contributed by atoms with Gasteiger partial charge < -0.3 is 14.8 Å². The summed E-state index contributed by atoms with van der Waals surface area (Å²) in [4.78, 5) is 22.9. The highest BCUT2D eigenvalue weighted by Crippen LogP contribution is 2.07. The minimum Gasteiger partial charge on any atom is -0.477 e. The first-order chi connectivity index (χ1) is 7.99. The Hall–Kier alpha value is -1.62. The van der Waals surface area contributed by atoms with E-state index in [9.17, 15) is 9.59 Å². The largest absolute Gasteiger partial charge is 0.477 e. The molecule has 1 aromatic heterocycles. The standard InChI is InChI=1S/C12H17NO4/c1-8-7-9(2)13(5-3-4-6-14)11(15)10(8)12(16)17/h7,14H,3-6H2,1-2H3,(H,16,17). The van der Waals surface area contributed by atoms with Gasteiger partial charge in [0.2, 0.25) is 0 Å². The summed E-state index contributed by atoms with van der Waals surface area (Å²) >= 11 is 0. The monoisotopic (exact) mass is 239 g/mol. The van der Waals surface area contributed by atoms with Gasteiger partial charge in [-0.1, -0.05) is 0 Å². The summed E-state index contributed by atoms with van der Waals surface area (Å²) in [5, 5.41) is 17.7. The Bertz CT molecular complexity index is 476. The summed E-state index contributed by atoms with van der Waals surface area (Å²) in [5.74, 6) is -1.19. The fraction of sp³-hybridized carbons (Fsp3) is 0.500. The van der Waals surface area contributed by atoms with Crippen molar-refractivity contribution in [1.29, 1.82) is 0 Å². The maximum absolute atomic E-state index is 12.0. The predicted octanol–water partition coefficient (Wildman–Crippen LogP) is 0.936. The normalized spacial score (nSPS) is 10.5. The number of aromatic nitrogens is 1. The lowest BCUT2D eigenvalue weighted by molar-refractivity contribution is 0.0693. The zero-order chi connectivity index (χ0) is 13.0. The van der Waals surface area contributed by atoms with Gasteiger partial charge in [-0.2, -0.15) is 0 Å². The molecule has 0 aliphatic heterocycles. The van der Waals surface area contributed by atoms with Crippen LogP contribution in [0.25, 0.3) is 0 Å². The summed E-state index contributed by atoms with van der Waals surface area (Å²) in [5.41, 5.74) is 0.599. The smallest absolute Gasteiger partial charge is 0.341 e. The number of aliphatic hydroxyl groups is 1. The molecule has 0 radical (unpaired) electrons. The number of aryl methyl sites for hydroxylation is 2. The lowest BCUT2D eigenvalue weighted by atomic mass is 10.1. The zero-order valence-electron chi connectivity index (χ0n) is 10.1. The van der Waals surface area contributed by atoms with Crippen molar-refractivity contribution in [2.75, 3.05) is 6.61 Å². The van der Waals surface area contributed by atoms with E-state index in [0.717, 1.165) is 5.69 Å². The molecule has 5 nitrogen and oxygen atoms in total. The van der Waals surface area contributed by atoms with Gasteiger partial charge in [0.05, 0.1) is 0 Å². The number of unbranched alkanes of at least 4 members (excludes halogenated alkanes) is 1. The number of rotatable bonds is 5. The van der Waals surface area contributed by atoms with Crippen molar-refractivity contribution in [1.82, 2.24) is 4.57 Å². The Balaban J connectivity index is 3.17. The van der Waals surface area contributed by atoms with Crippen LogP contribution >= 0.6 is 0 Å². The highest BCUT2D eigenvalue weighted by molar-refractivity contribution is 5.88.